The smallest absolute Gasteiger partial charge is 0.253 e. The third-order valence-electron chi connectivity index (χ3n) is 4.61. The first kappa shape index (κ1) is 18.1. The highest BCUT2D eigenvalue weighted by atomic mass is 16.5. The van der Waals surface area contributed by atoms with Gasteiger partial charge < -0.3 is 14.7 Å². The minimum Gasteiger partial charge on any atom is -0.347 e. The second kappa shape index (κ2) is 7.68. The van der Waals surface area contributed by atoms with E-state index < -0.39 is 0 Å². The lowest BCUT2D eigenvalue weighted by Crippen LogP contribution is -2.43. The molecule has 2 heterocycles. The second-order valence-corrected chi connectivity index (χ2v) is 6.90. The number of rotatable bonds is 4. The molecule has 7 nitrogen and oxygen atoms in total. The Hall–Kier alpha value is -2.70. The average molecular weight is 356 g/mol. The van der Waals surface area contributed by atoms with Gasteiger partial charge in [0, 0.05) is 24.6 Å². The van der Waals surface area contributed by atoms with E-state index in [-0.39, 0.29) is 24.3 Å². The van der Waals surface area contributed by atoms with Crippen LogP contribution in [0.2, 0.25) is 0 Å². The molecule has 2 aromatic rings. The van der Waals surface area contributed by atoms with Gasteiger partial charge >= 0.3 is 0 Å². The van der Waals surface area contributed by atoms with Crippen molar-refractivity contribution < 1.29 is 14.1 Å². The van der Waals surface area contributed by atoms with E-state index >= 15 is 0 Å². The number of hydrogen-bond donors (Lipinski definition) is 1. The number of nitrogens with one attached hydrogen (secondary N) is 1. The Kier molecular flexibility index (Phi) is 5.35. The minimum atomic E-state index is -0.0951. The van der Waals surface area contributed by atoms with E-state index in [0.717, 1.165) is 16.7 Å². The van der Waals surface area contributed by atoms with Gasteiger partial charge in [0.15, 0.2) is 5.82 Å². The standard InChI is InChI=1S/C19H24N4O3/c1-12-8-13(2)10-16(9-12)19(25)23-6-4-15(5-7-23)18(24)20-11-17-21-14(3)22-26-17/h8-10,15H,4-7,11H2,1-3H3,(H,20,24). The van der Waals surface area contributed by atoms with Gasteiger partial charge in [-0.05, 0) is 45.7 Å². The van der Waals surface area contributed by atoms with Gasteiger partial charge in [-0.15, -0.1) is 0 Å². The number of hydrogen-bond acceptors (Lipinski definition) is 5. The van der Waals surface area contributed by atoms with Crippen molar-refractivity contribution in [3.8, 4) is 0 Å². The van der Waals surface area contributed by atoms with E-state index in [0.29, 0.717) is 37.6 Å². The molecule has 0 spiro atoms. The monoisotopic (exact) mass is 356 g/mol. The van der Waals surface area contributed by atoms with E-state index in [1.54, 1.807) is 6.92 Å². The van der Waals surface area contributed by atoms with Crippen molar-refractivity contribution in [3.63, 3.8) is 0 Å². The van der Waals surface area contributed by atoms with Crippen LogP contribution in [0.15, 0.2) is 22.7 Å². The lowest BCUT2D eigenvalue weighted by molar-refractivity contribution is -0.126. The van der Waals surface area contributed by atoms with E-state index in [1.165, 1.54) is 0 Å². The van der Waals surface area contributed by atoms with Gasteiger partial charge in [-0.2, -0.15) is 4.98 Å². The summed E-state index contributed by atoms with van der Waals surface area (Å²) >= 11 is 0. The molecule has 0 radical (unpaired) electrons. The Bertz CT molecular complexity index is 787. The van der Waals surface area contributed by atoms with Gasteiger partial charge in [-0.3, -0.25) is 9.59 Å². The van der Waals surface area contributed by atoms with Crippen LogP contribution in [0.4, 0.5) is 0 Å². The van der Waals surface area contributed by atoms with Crippen LogP contribution in [0.3, 0.4) is 0 Å². The Balaban J connectivity index is 1.51. The number of carbonyl (C=O) groups is 2. The van der Waals surface area contributed by atoms with Crippen molar-refractivity contribution in [2.24, 2.45) is 5.92 Å². The number of nitrogens with zero attached hydrogens (tertiary/aromatic N) is 3. The first-order valence-corrected chi connectivity index (χ1v) is 8.87. The normalized spacial score (nSPS) is 15.1. The number of carbonyl (C=O) groups excluding carboxylic acids is 2. The van der Waals surface area contributed by atoms with Gasteiger partial charge in [0.05, 0.1) is 6.54 Å². The summed E-state index contributed by atoms with van der Waals surface area (Å²) in [5.74, 6) is 0.865. The van der Waals surface area contributed by atoms with Gasteiger partial charge in [0.25, 0.3) is 5.91 Å². The zero-order valence-electron chi connectivity index (χ0n) is 15.4. The summed E-state index contributed by atoms with van der Waals surface area (Å²) in [6.45, 7) is 7.13. The van der Waals surface area contributed by atoms with Crippen LogP contribution >= 0.6 is 0 Å². The van der Waals surface area contributed by atoms with Crippen LogP contribution in [-0.2, 0) is 11.3 Å². The molecule has 1 aliphatic heterocycles. The fourth-order valence-corrected chi connectivity index (χ4v) is 3.34. The largest absolute Gasteiger partial charge is 0.347 e. The molecule has 0 saturated carbocycles. The van der Waals surface area contributed by atoms with Crippen molar-refractivity contribution in [1.29, 1.82) is 0 Å². The van der Waals surface area contributed by atoms with Crippen LogP contribution in [0.1, 0.15) is 46.0 Å². The van der Waals surface area contributed by atoms with Crippen LogP contribution < -0.4 is 5.32 Å². The van der Waals surface area contributed by atoms with Crippen LogP contribution in [0, 0.1) is 26.7 Å². The summed E-state index contributed by atoms with van der Waals surface area (Å²) in [6.07, 6.45) is 1.32. The summed E-state index contributed by atoms with van der Waals surface area (Å²) in [4.78, 5) is 30.9. The van der Waals surface area contributed by atoms with Gasteiger partial charge in [0.2, 0.25) is 11.8 Å². The quantitative estimate of drug-likeness (QED) is 0.907. The predicted octanol–water partition coefficient (Wildman–Crippen LogP) is 2.16. The summed E-state index contributed by atoms with van der Waals surface area (Å²) in [7, 11) is 0. The van der Waals surface area contributed by atoms with E-state index in [2.05, 4.69) is 21.5 Å². The first-order valence-electron chi connectivity index (χ1n) is 8.87. The molecule has 1 aliphatic rings. The molecule has 0 bridgehead atoms. The fourth-order valence-electron chi connectivity index (χ4n) is 3.34. The lowest BCUT2D eigenvalue weighted by Gasteiger charge is -2.31. The van der Waals surface area contributed by atoms with Gasteiger partial charge in [-0.25, -0.2) is 0 Å². The van der Waals surface area contributed by atoms with Crippen LogP contribution in [0.5, 0.6) is 0 Å². The van der Waals surface area contributed by atoms with E-state index in [1.807, 2.05) is 30.9 Å². The maximum absolute atomic E-state index is 12.7. The molecule has 138 valence electrons. The Morgan fingerprint density at radius 3 is 2.38 bits per heavy atom. The molecule has 1 fully saturated rings. The number of aryl methyl sites for hydroxylation is 3. The topological polar surface area (TPSA) is 88.3 Å². The second-order valence-electron chi connectivity index (χ2n) is 6.90. The number of likely N-dealkylation sites (tertiary alicyclic amines) is 1. The Morgan fingerprint density at radius 1 is 1.15 bits per heavy atom. The fraction of sp³-hybridized carbons (Fsp3) is 0.474. The Morgan fingerprint density at radius 2 is 1.81 bits per heavy atom. The molecule has 1 aromatic heterocycles. The lowest BCUT2D eigenvalue weighted by atomic mass is 9.95. The maximum atomic E-state index is 12.7. The molecule has 1 aromatic carbocycles. The van der Waals surface area contributed by atoms with Crippen LogP contribution in [-0.4, -0.2) is 39.9 Å². The third-order valence-corrected chi connectivity index (χ3v) is 4.61. The maximum Gasteiger partial charge on any atom is 0.253 e. The van der Waals surface area contributed by atoms with Crippen LogP contribution in [0.25, 0.3) is 0 Å². The molecular formula is C19H24N4O3. The highest BCUT2D eigenvalue weighted by molar-refractivity contribution is 5.94. The minimum absolute atomic E-state index is 0.0284. The predicted molar refractivity (Wildman–Crippen MR) is 95.4 cm³/mol. The van der Waals surface area contributed by atoms with Crippen molar-refractivity contribution in [1.82, 2.24) is 20.4 Å². The third kappa shape index (κ3) is 4.28. The Labute approximate surface area is 152 Å². The number of benzene rings is 1. The zero-order valence-corrected chi connectivity index (χ0v) is 15.4. The van der Waals surface area contributed by atoms with Crippen molar-refractivity contribution in [3.05, 3.63) is 46.6 Å². The molecule has 0 aliphatic carbocycles. The average Bonchev–Trinajstić information content (AvgIpc) is 3.03. The molecule has 0 atom stereocenters. The van der Waals surface area contributed by atoms with Gasteiger partial charge in [-0.1, -0.05) is 22.3 Å². The van der Waals surface area contributed by atoms with Crippen molar-refractivity contribution in [2.75, 3.05) is 13.1 Å². The molecule has 1 saturated heterocycles. The van der Waals surface area contributed by atoms with Gasteiger partial charge in [0.1, 0.15) is 0 Å². The summed E-state index contributed by atoms with van der Waals surface area (Å²) < 4.78 is 4.99. The molecule has 0 unspecified atom stereocenters. The summed E-state index contributed by atoms with van der Waals surface area (Å²) in [5.41, 5.74) is 2.88. The molecule has 2 amide bonds. The highest BCUT2D eigenvalue weighted by Crippen LogP contribution is 2.20. The number of aromatic nitrogens is 2. The number of amides is 2. The zero-order chi connectivity index (χ0) is 18.7. The molecule has 7 heteroatoms. The van der Waals surface area contributed by atoms with Crippen molar-refractivity contribution in [2.45, 2.75) is 40.2 Å². The molecular weight excluding hydrogens is 332 g/mol. The summed E-state index contributed by atoms with van der Waals surface area (Å²) in [6, 6.07) is 5.89. The summed E-state index contributed by atoms with van der Waals surface area (Å²) in [5, 5.41) is 6.53. The SMILES string of the molecule is Cc1cc(C)cc(C(=O)N2CCC(C(=O)NCc3nc(C)no3)CC2)c1. The number of piperidine rings is 1. The first-order chi connectivity index (χ1) is 12.4. The molecule has 1 N–H and O–H groups in total. The highest BCUT2D eigenvalue weighted by Gasteiger charge is 2.28. The molecule has 3 rings (SSSR count). The van der Waals surface area contributed by atoms with E-state index in [9.17, 15) is 9.59 Å². The van der Waals surface area contributed by atoms with Crippen molar-refractivity contribution >= 4 is 11.8 Å². The molecule has 26 heavy (non-hydrogen) atoms. The van der Waals surface area contributed by atoms with E-state index in [4.69, 9.17) is 4.52 Å².